The van der Waals surface area contributed by atoms with E-state index in [1.54, 1.807) is 19.3 Å². The molecule has 6 heteroatoms. The zero-order valence-corrected chi connectivity index (χ0v) is 17.9. The van der Waals surface area contributed by atoms with Gasteiger partial charge in [-0.15, -0.1) is 0 Å². The third kappa shape index (κ3) is 4.81. The van der Waals surface area contributed by atoms with E-state index in [4.69, 9.17) is 18.9 Å². The predicted molar refractivity (Wildman–Crippen MR) is 122 cm³/mol. The number of carbonyl (C=O) groups excluding carboxylic acids is 1. The van der Waals surface area contributed by atoms with Crippen LogP contribution in [0.25, 0.3) is 6.08 Å². The highest BCUT2D eigenvalue weighted by Crippen LogP contribution is 2.31. The van der Waals surface area contributed by atoms with Crippen LogP contribution in [0.5, 0.6) is 17.2 Å². The number of nitrogens with zero attached hydrogens (tertiary/aromatic N) is 1. The lowest BCUT2D eigenvalue weighted by molar-refractivity contribution is -0.129. The maximum atomic E-state index is 12.4. The van der Waals surface area contributed by atoms with Gasteiger partial charge in [-0.1, -0.05) is 48.5 Å². The molecule has 0 N–H and O–H groups in total. The summed E-state index contributed by atoms with van der Waals surface area (Å²) in [6.45, 7) is 2.79. The molecule has 0 amide bonds. The molecule has 0 saturated carbocycles. The van der Waals surface area contributed by atoms with Gasteiger partial charge in [-0.25, -0.2) is 9.79 Å². The van der Waals surface area contributed by atoms with E-state index in [2.05, 4.69) is 4.99 Å². The highest BCUT2D eigenvalue weighted by molar-refractivity contribution is 6.13. The first-order chi connectivity index (χ1) is 15.7. The Morgan fingerprint density at radius 2 is 1.69 bits per heavy atom. The van der Waals surface area contributed by atoms with Crippen LogP contribution in [-0.4, -0.2) is 25.6 Å². The van der Waals surface area contributed by atoms with E-state index in [1.165, 1.54) is 0 Å². The topological polar surface area (TPSA) is 66.3 Å². The highest BCUT2D eigenvalue weighted by atomic mass is 16.6. The number of methoxy groups -OCH3 is 1. The Balaban J connectivity index is 1.59. The molecule has 0 bridgehead atoms. The summed E-state index contributed by atoms with van der Waals surface area (Å²) in [5.41, 5.74) is 2.61. The van der Waals surface area contributed by atoms with Crippen molar-refractivity contribution in [2.45, 2.75) is 13.5 Å². The lowest BCUT2D eigenvalue weighted by atomic mass is 10.1. The van der Waals surface area contributed by atoms with Crippen LogP contribution < -0.4 is 14.2 Å². The molecule has 0 radical (unpaired) electrons. The van der Waals surface area contributed by atoms with Gasteiger partial charge in [0.1, 0.15) is 12.4 Å². The first kappa shape index (κ1) is 21.2. The Hall–Kier alpha value is -4.06. The molecule has 32 heavy (non-hydrogen) atoms. The maximum absolute atomic E-state index is 12.4. The minimum absolute atomic E-state index is 0.200. The molecule has 1 aliphatic rings. The SMILES string of the molecule is CCOc1ccccc1C1=N/C(=C/c2ccc(OC)c(OCc3ccccc3)c2)C(=O)O1. The van der Waals surface area contributed by atoms with Gasteiger partial charge in [0.05, 0.1) is 19.3 Å². The average molecular weight is 429 g/mol. The number of hydrogen-bond donors (Lipinski definition) is 0. The van der Waals surface area contributed by atoms with Crippen molar-refractivity contribution >= 4 is 17.9 Å². The van der Waals surface area contributed by atoms with Crippen LogP contribution in [0, 0.1) is 0 Å². The molecular weight excluding hydrogens is 406 g/mol. The third-order valence-electron chi connectivity index (χ3n) is 4.77. The fourth-order valence-electron chi connectivity index (χ4n) is 3.24. The van der Waals surface area contributed by atoms with Crippen LogP contribution in [-0.2, 0) is 16.1 Å². The van der Waals surface area contributed by atoms with E-state index in [0.29, 0.717) is 36.0 Å². The molecule has 6 nitrogen and oxygen atoms in total. The molecule has 4 rings (SSSR count). The summed E-state index contributed by atoms with van der Waals surface area (Å²) in [7, 11) is 1.59. The number of carbonyl (C=O) groups is 1. The first-order valence-electron chi connectivity index (χ1n) is 10.3. The van der Waals surface area contributed by atoms with E-state index in [0.717, 1.165) is 11.1 Å². The van der Waals surface area contributed by atoms with Crippen molar-refractivity contribution < 1.29 is 23.7 Å². The standard InChI is InChI=1S/C26H23NO5/c1-3-30-22-12-8-7-11-20(22)25-27-21(26(28)32-25)15-19-13-14-23(29-2)24(16-19)31-17-18-9-5-4-6-10-18/h4-16H,3,17H2,1-2H3/b21-15+. The van der Waals surface area contributed by atoms with Crippen molar-refractivity contribution in [3.63, 3.8) is 0 Å². The fraction of sp³-hybridized carbons (Fsp3) is 0.154. The number of benzene rings is 3. The van der Waals surface area contributed by atoms with Crippen LogP contribution in [0.4, 0.5) is 0 Å². The van der Waals surface area contributed by atoms with Crippen molar-refractivity contribution in [2.75, 3.05) is 13.7 Å². The van der Waals surface area contributed by atoms with Crippen LogP contribution in [0.3, 0.4) is 0 Å². The molecule has 1 heterocycles. The summed E-state index contributed by atoms with van der Waals surface area (Å²) >= 11 is 0. The number of hydrogen-bond acceptors (Lipinski definition) is 6. The monoisotopic (exact) mass is 429 g/mol. The molecule has 0 fully saturated rings. The molecular formula is C26H23NO5. The lowest BCUT2D eigenvalue weighted by Gasteiger charge is -2.11. The smallest absolute Gasteiger partial charge is 0.363 e. The number of ether oxygens (including phenoxy) is 4. The van der Waals surface area contributed by atoms with E-state index < -0.39 is 5.97 Å². The second-order valence-corrected chi connectivity index (χ2v) is 6.95. The van der Waals surface area contributed by atoms with E-state index >= 15 is 0 Å². The lowest BCUT2D eigenvalue weighted by Crippen LogP contribution is -2.07. The summed E-state index contributed by atoms with van der Waals surface area (Å²) in [5, 5.41) is 0. The van der Waals surface area contributed by atoms with Gasteiger partial charge in [0.25, 0.3) is 0 Å². The minimum Gasteiger partial charge on any atom is -0.493 e. The summed E-state index contributed by atoms with van der Waals surface area (Å²) in [4.78, 5) is 16.8. The van der Waals surface area contributed by atoms with Crippen molar-refractivity contribution in [1.82, 2.24) is 0 Å². The van der Waals surface area contributed by atoms with Crippen molar-refractivity contribution in [2.24, 2.45) is 4.99 Å². The normalized spacial score (nSPS) is 14.1. The molecule has 3 aromatic carbocycles. The number of cyclic esters (lactones) is 1. The zero-order chi connectivity index (χ0) is 22.3. The predicted octanol–water partition coefficient (Wildman–Crippen LogP) is 5.02. The van der Waals surface area contributed by atoms with Gasteiger partial charge in [-0.05, 0) is 48.4 Å². The van der Waals surface area contributed by atoms with Crippen molar-refractivity contribution in [3.8, 4) is 17.2 Å². The molecule has 3 aromatic rings. The zero-order valence-electron chi connectivity index (χ0n) is 17.9. The largest absolute Gasteiger partial charge is 0.493 e. The summed E-state index contributed by atoms with van der Waals surface area (Å²) in [6, 6.07) is 22.6. The third-order valence-corrected chi connectivity index (χ3v) is 4.77. The van der Waals surface area contributed by atoms with Gasteiger partial charge >= 0.3 is 5.97 Å². The van der Waals surface area contributed by atoms with Gasteiger partial charge < -0.3 is 18.9 Å². The van der Waals surface area contributed by atoms with Gasteiger partial charge in [0, 0.05) is 0 Å². The van der Waals surface area contributed by atoms with Crippen LogP contribution in [0.1, 0.15) is 23.6 Å². The Kier molecular flexibility index (Phi) is 6.51. The second-order valence-electron chi connectivity index (χ2n) is 6.95. The maximum Gasteiger partial charge on any atom is 0.363 e. The van der Waals surface area contributed by atoms with Crippen molar-refractivity contribution in [1.29, 1.82) is 0 Å². The second kappa shape index (κ2) is 9.83. The molecule has 162 valence electrons. The molecule has 0 aromatic heterocycles. The molecule has 0 atom stereocenters. The van der Waals surface area contributed by atoms with E-state index in [1.807, 2.05) is 73.7 Å². The number of aliphatic imine (C=N–C) groups is 1. The van der Waals surface area contributed by atoms with Crippen molar-refractivity contribution in [3.05, 3.63) is 95.2 Å². The fourth-order valence-corrected chi connectivity index (χ4v) is 3.24. The Labute approximate surface area is 186 Å². The van der Waals surface area contributed by atoms with Gasteiger partial charge in [0.15, 0.2) is 17.2 Å². The highest BCUT2D eigenvalue weighted by Gasteiger charge is 2.26. The quantitative estimate of drug-likeness (QED) is 0.372. The van der Waals surface area contributed by atoms with Gasteiger partial charge in [-0.2, -0.15) is 0 Å². The molecule has 0 saturated heterocycles. The van der Waals surface area contributed by atoms with E-state index in [-0.39, 0.29) is 11.6 Å². The Morgan fingerprint density at radius 3 is 2.47 bits per heavy atom. The summed E-state index contributed by atoms with van der Waals surface area (Å²) < 4.78 is 22.4. The number of para-hydroxylation sites is 1. The van der Waals surface area contributed by atoms with Crippen LogP contribution >= 0.6 is 0 Å². The first-order valence-corrected chi connectivity index (χ1v) is 10.3. The summed E-state index contributed by atoms with van der Waals surface area (Å²) in [5.74, 6) is 1.49. The number of rotatable bonds is 8. The summed E-state index contributed by atoms with van der Waals surface area (Å²) in [6.07, 6.45) is 1.66. The molecule has 1 aliphatic heterocycles. The molecule has 0 unspecified atom stereocenters. The van der Waals surface area contributed by atoms with E-state index in [9.17, 15) is 4.79 Å². The Bertz CT molecular complexity index is 1170. The Morgan fingerprint density at radius 1 is 0.906 bits per heavy atom. The van der Waals surface area contributed by atoms with Crippen LogP contribution in [0.15, 0.2) is 83.5 Å². The molecule has 0 spiro atoms. The van der Waals surface area contributed by atoms with Gasteiger partial charge in [0.2, 0.25) is 5.90 Å². The van der Waals surface area contributed by atoms with Gasteiger partial charge in [-0.3, -0.25) is 0 Å². The molecule has 0 aliphatic carbocycles. The van der Waals surface area contributed by atoms with Crippen LogP contribution in [0.2, 0.25) is 0 Å². The average Bonchev–Trinajstić information content (AvgIpc) is 3.19. The number of esters is 1. The minimum atomic E-state index is -0.520.